The molecule has 0 aromatic heterocycles. The fourth-order valence-electron chi connectivity index (χ4n) is 3.68. The number of hydrogen-bond donors (Lipinski definition) is 1. The van der Waals surface area contributed by atoms with Crippen LogP contribution in [-0.4, -0.2) is 44.3 Å². The third-order valence-corrected chi connectivity index (χ3v) is 8.44. The predicted molar refractivity (Wildman–Crippen MR) is 152 cm³/mol. The van der Waals surface area contributed by atoms with Crippen molar-refractivity contribution in [3.8, 4) is 0 Å². The molecule has 3 aromatic carbocycles. The molecule has 0 aliphatic carbocycles. The smallest absolute Gasteiger partial charge is 0.264 e. The summed E-state index contributed by atoms with van der Waals surface area (Å²) in [4.78, 5) is 28.0. The van der Waals surface area contributed by atoms with Gasteiger partial charge in [-0.15, -0.1) is 0 Å². The zero-order chi connectivity index (χ0) is 27.9. The highest BCUT2D eigenvalue weighted by Crippen LogP contribution is 2.28. The molecule has 0 radical (unpaired) electrons. The van der Waals surface area contributed by atoms with Gasteiger partial charge in [-0.25, -0.2) is 8.42 Å². The molecular weight excluding hydrogens is 569 g/mol. The molecule has 0 unspecified atom stereocenters. The molecule has 0 saturated heterocycles. The second-order valence-corrected chi connectivity index (χ2v) is 11.7. The van der Waals surface area contributed by atoms with Crippen LogP contribution in [0.5, 0.6) is 0 Å². The lowest BCUT2D eigenvalue weighted by atomic mass is 10.1. The Kier molecular flexibility index (Phi) is 10.4. The SMILES string of the molecule is CCCNC(=O)[C@@H](C)N(Cc1ccccc1Cl)C(=O)CN(c1cccc(Cl)c1)S(=O)(=O)c1ccc(Cl)cc1. The Labute approximate surface area is 238 Å². The first-order valence-corrected chi connectivity index (χ1v) is 14.5. The Hall–Kier alpha value is -2.78. The van der Waals surface area contributed by atoms with Gasteiger partial charge < -0.3 is 10.2 Å². The molecule has 38 heavy (non-hydrogen) atoms. The largest absolute Gasteiger partial charge is 0.354 e. The lowest BCUT2D eigenvalue weighted by Gasteiger charge is -2.32. The second kappa shape index (κ2) is 13.3. The summed E-state index contributed by atoms with van der Waals surface area (Å²) in [7, 11) is -4.22. The average Bonchev–Trinajstić information content (AvgIpc) is 2.89. The number of sulfonamides is 1. The van der Waals surface area contributed by atoms with E-state index in [-0.39, 0.29) is 23.0 Å². The Morgan fingerprint density at radius 2 is 1.61 bits per heavy atom. The van der Waals surface area contributed by atoms with Gasteiger partial charge in [0, 0.05) is 28.2 Å². The molecule has 0 saturated carbocycles. The first-order valence-electron chi connectivity index (χ1n) is 11.9. The van der Waals surface area contributed by atoms with Gasteiger partial charge in [0.2, 0.25) is 11.8 Å². The summed E-state index contributed by atoms with van der Waals surface area (Å²) in [6.45, 7) is 3.38. The number of halogens is 3. The first-order chi connectivity index (χ1) is 18.0. The minimum atomic E-state index is -4.22. The van der Waals surface area contributed by atoms with Gasteiger partial charge in [-0.3, -0.25) is 13.9 Å². The standard InChI is InChI=1S/C27H28Cl3N3O4S/c1-3-15-31-27(35)19(2)32(17-20-7-4-5-10-25(20)30)26(34)18-33(23-9-6-8-22(29)16-23)38(36,37)24-13-11-21(28)12-14-24/h4-14,16,19H,3,15,17-18H2,1-2H3,(H,31,35)/t19-/m1/s1. The number of amides is 2. The number of nitrogens with zero attached hydrogens (tertiary/aromatic N) is 2. The third-order valence-electron chi connectivity index (χ3n) is 5.79. The molecule has 7 nitrogen and oxygen atoms in total. The summed E-state index contributed by atoms with van der Waals surface area (Å²) in [6.07, 6.45) is 0.721. The number of nitrogens with one attached hydrogen (secondary N) is 1. The van der Waals surface area contributed by atoms with Crippen LogP contribution in [0.25, 0.3) is 0 Å². The van der Waals surface area contributed by atoms with E-state index in [1.54, 1.807) is 49.4 Å². The van der Waals surface area contributed by atoms with Crippen LogP contribution in [0.3, 0.4) is 0 Å². The fourth-order valence-corrected chi connectivity index (χ4v) is 5.59. The summed E-state index contributed by atoms with van der Waals surface area (Å²) in [5, 5.41) is 3.88. The Morgan fingerprint density at radius 1 is 0.921 bits per heavy atom. The van der Waals surface area contributed by atoms with E-state index in [9.17, 15) is 18.0 Å². The molecule has 0 aliphatic heterocycles. The van der Waals surface area contributed by atoms with Gasteiger partial charge in [0.25, 0.3) is 10.0 Å². The molecule has 2 amide bonds. The van der Waals surface area contributed by atoms with Gasteiger partial charge in [-0.2, -0.15) is 0 Å². The average molecular weight is 597 g/mol. The predicted octanol–water partition coefficient (Wildman–Crippen LogP) is 5.79. The lowest BCUT2D eigenvalue weighted by molar-refractivity contribution is -0.139. The van der Waals surface area contributed by atoms with Crippen LogP contribution in [-0.2, 0) is 26.2 Å². The number of carbonyl (C=O) groups is 2. The molecule has 1 atom stereocenters. The first kappa shape index (κ1) is 29.8. The maximum atomic E-state index is 13.8. The normalized spacial score (nSPS) is 12.0. The summed E-state index contributed by atoms with van der Waals surface area (Å²) in [6, 6.07) is 17.9. The number of rotatable bonds is 11. The van der Waals surface area contributed by atoms with Gasteiger partial charge in [0.05, 0.1) is 10.6 Å². The maximum Gasteiger partial charge on any atom is 0.264 e. The van der Waals surface area contributed by atoms with Crippen molar-refractivity contribution in [2.24, 2.45) is 0 Å². The Bertz CT molecular complexity index is 1380. The molecule has 202 valence electrons. The van der Waals surface area contributed by atoms with Crippen molar-refractivity contribution in [3.05, 3.63) is 93.4 Å². The highest BCUT2D eigenvalue weighted by atomic mass is 35.5. The number of hydrogen-bond acceptors (Lipinski definition) is 4. The topological polar surface area (TPSA) is 86.8 Å². The molecule has 0 spiro atoms. The minimum absolute atomic E-state index is 0.00357. The van der Waals surface area contributed by atoms with E-state index < -0.39 is 28.5 Å². The molecule has 0 aliphatic rings. The quantitative estimate of drug-likeness (QED) is 0.304. The molecular formula is C27H28Cl3N3O4S. The highest BCUT2D eigenvalue weighted by molar-refractivity contribution is 7.92. The summed E-state index contributed by atoms with van der Waals surface area (Å²) in [5.41, 5.74) is 0.814. The van der Waals surface area contributed by atoms with Gasteiger partial charge in [-0.05, 0) is 67.4 Å². The summed E-state index contributed by atoms with van der Waals surface area (Å²) < 4.78 is 28.5. The Balaban J connectivity index is 2.03. The molecule has 3 rings (SSSR count). The van der Waals surface area contributed by atoms with Gasteiger partial charge in [-0.1, -0.05) is 66.0 Å². The summed E-state index contributed by atoms with van der Waals surface area (Å²) in [5.74, 6) is -0.955. The highest BCUT2D eigenvalue weighted by Gasteiger charge is 2.32. The van der Waals surface area contributed by atoms with Gasteiger partial charge >= 0.3 is 0 Å². The number of anilines is 1. The monoisotopic (exact) mass is 595 g/mol. The minimum Gasteiger partial charge on any atom is -0.354 e. The molecule has 0 heterocycles. The van der Waals surface area contributed by atoms with Crippen LogP contribution >= 0.6 is 34.8 Å². The third kappa shape index (κ3) is 7.41. The van der Waals surface area contributed by atoms with Crippen molar-refractivity contribution in [1.29, 1.82) is 0 Å². The van der Waals surface area contributed by atoms with E-state index in [1.165, 1.54) is 35.2 Å². The Morgan fingerprint density at radius 3 is 2.24 bits per heavy atom. The van der Waals surface area contributed by atoms with Crippen molar-refractivity contribution in [1.82, 2.24) is 10.2 Å². The zero-order valence-corrected chi connectivity index (χ0v) is 24.0. The molecule has 11 heteroatoms. The number of carbonyl (C=O) groups excluding carboxylic acids is 2. The van der Waals surface area contributed by atoms with E-state index in [0.717, 1.165) is 10.7 Å². The van der Waals surface area contributed by atoms with Crippen LogP contribution in [0.1, 0.15) is 25.8 Å². The van der Waals surface area contributed by atoms with E-state index >= 15 is 0 Å². The van der Waals surface area contributed by atoms with E-state index in [0.29, 0.717) is 27.2 Å². The van der Waals surface area contributed by atoms with Gasteiger partial charge in [0.15, 0.2) is 0 Å². The second-order valence-electron chi connectivity index (χ2n) is 8.53. The molecule has 1 N–H and O–H groups in total. The van der Waals surface area contributed by atoms with Crippen LogP contribution in [0.15, 0.2) is 77.7 Å². The van der Waals surface area contributed by atoms with Crippen molar-refractivity contribution in [2.45, 2.75) is 37.8 Å². The maximum absolute atomic E-state index is 13.8. The molecule has 0 bridgehead atoms. The van der Waals surface area contributed by atoms with Crippen LogP contribution in [0, 0.1) is 0 Å². The molecule has 3 aromatic rings. The van der Waals surface area contributed by atoms with E-state index in [1.807, 2.05) is 6.92 Å². The lowest BCUT2D eigenvalue weighted by Crippen LogP contribution is -2.51. The van der Waals surface area contributed by atoms with Crippen molar-refractivity contribution >= 4 is 62.3 Å². The molecule has 0 fully saturated rings. The van der Waals surface area contributed by atoms with Crippen molar-refractivity contribution in [2.75, 3.05) is 17.4 Å². The van der Waals surface area contributed by atoms with E-state index in [4.69, 9.17) is 34.8 Å². The van der Waals surface area contributed by atoms with Crippen molar-refractivity contribution in [3.63, 3.8) is 0 Å². The van der Waals surface area contributed by atoms with Crippen LogP contribution in [0.4, 0.5) is 5.69 Å². The number of benzene rings is 3. The van der Waals surface area contributed by atoms with Crippen LogP contribution in [0.2, 0.25) is 15.1 Å². The van der Waals surface area contributed by atoms with Gasteiger partial charge in [0.1, 0.15) is 12.6 Å². The van der Waals surface area contributed by atoms with E-state index in [2.05, 4.69) is 5.32 Å². The zero-order valence-electron chi connectivity index (χ0n) is 20.9. The fraction of sp³-hybridized carbons (Fsp3) is 0.259. The van der Waals surface area contributed by atoms with Crippen molar-refractivity contribution < 1.29 is 18.0 Å². The van der Waals surface area contributed by atoms with Crippen LogP contribution < -0.4 is 9.62 Å². The summed E-state index contributed by atoms with van der Waals surface area (Å²) >= 11 is 18.5.